The number of ether oxygens (including phenoxy) is 2. The largest absolute Gasteiger partial charge is 0.478 e. The number of rotatable bonds is 5. The van der Waals surface area contributed by atoms with Crippen LogP contribution in [-0.4, -0.2) is 17.1 Å². The third kappa shape index (κ3) is 4.21. The summed E-state index contributed by atoms with van der Waals surface area (Å²) in [5.41, 5.74) is 1.09. The number of nitrogens with zero attached hydrogens (tertiary/aromatic N) is 2. The molecule has 0 unspecified atom stereocenters. The Morgan fingerprint density at radius 3 is 2.82 bits per heavy atom. The van der Waals surface area contributed by atoms with Gasteiger partial charge < -0.3 is 9.47 Å². The van der Waals surface area contributed by atoms with E-state index in [1.54, 1.807) is 43.3 Å². The van der Waals surface area contributed by atoms with Crippen LogP contribution in [0.25, 0.3) is 0 Å². The first-order chi connectivity index (χ1) is 10.6. The maximum atomic E-state index is 11.9. The first kappa shape index (κ1) is 15.8. The van der Waals surface area contributed by atoms with Gasteiger partial charge in [-0.3, -0.25) is 0 Å². The molecule has 0 spiro atoms. The molecule has 1 atom stereocenters. The molecule has 1 aromatic heterocycles. The molecule has 0 N–H and O–H groups in total. The lowest BCUT2D eigenvalue weighted by Crippen LogP contribution is -2.26. The summed E-state index contributed by atoms with van der Waals surface area (Å²) < 4.78 is 10.6. The Kier molecular flexibility index (Phi) is 5.34. The molecule has 2 rings (SSSR count). The lowest BCUT2D eigenvalue weighted by atomic mass is 10.2. The highest BCUT2D eigenvalue weighted by Gasteiger charge is 2.18. The van der Waals surface area contributed by atoms with Gasteiger partial charge in [0.1, 0.15) is 23.6 Å². The molecule has 22 heavy (non-hydrogen) atoms. The average molecular weight is 317 g/mol. The predicted molar refractivity (Wildman–Crippen MR) is 80.3 cm³/mol. The zero-order chi connectivity index (χ0) is 15.9. The molecule has 6 heteroatoms. The van der Waals surface area contributed by atoms with E-state index in [1.165, 1.54) is 6.20 Å². The van der Waals surface area contributed by atoms with Crippen LogP contribution >= 0.6 is 11.6 Å². The Morgan fingerprint density at radius 2 is 2.14 bits per heavy atom. The van der Waals surface area contributed by atoms with E-state index in [0.29, 0.717) is 16.5 Å². The van der Waals surface area contributed by atoms with Crippen LogP contribution in [0.1, 0.15) is 18.1 Å². The number of halogens is 1. The zero-order valence-electron chi connectivity index (χ0n) is 11.8. The Balaban J connectivity index is 1.92. The lowest BCUT2D eigenvalue weighted by Gasteiger charge is -2.14. The van der Waals surface area contributed by atoms with Crippen molar-refractivity contribution in [3.05, 3.63) is 58.9 Å². The van der Waals surface area contributed by atoms with Crippen molar-refractivity contribution in [3.8, 4) is 11.8 Å². The fourth-order valence-corrected chi connectivity index (χ4v) is 1.78. The van der Waals surface area contributed by atoms with Gasteiger partial charge in [-0.2, -0.15) is 5.26 Å². The Labute approximate surface area is 133 Å². The van der Waals surface area contributed by atoms with Gasteiger partial charge in [-0.25, -0.2) is 9.78 Å². The van der Waals surface area contributed by atoms with E-state index in [2.05, 4.69) is 4.98 Å². The number of hydrogen-bond acceptors (Lipinski definition) is 5. The average Bonchev–Trinajstić information content (AvgIpc) is 2.54. The maximum absolute atomic E-state index is 11.9. The van der Waals surface area contributed by atoms with Crippen LogP contribution in [0.2, 0.25) is 5.15 Å². The third-order valence-electron chi connectivity index (χ3n) is 2.81. The van der Waals surface area contributed by atoms with Crippen LogP contribution in [0.3, 0.4) is 0 Å². The molecule has 1 heterocycles. The van der Waals surface area contributed by atoms with Crippen molar-refractivity contribution in [3.63, 3.8) is 0 Å². The van der Waals surface area contributed by atoms with Crippen molar-refractivity contribution >= 4 is 17.6 Å². The van der Waals surface area contributed by atoms with Gasteiger partial charge in [0, 0.05) is 11.8 Å². The van der Waals surface area contributed by atoms with Gasteiger partial charge in [0.15, 0.2) is 6.10 Å². The highest BCUT2D eigenvalue weighted by Crippen LogP contribution is 2.18. The van der Waals surface area contributed by atoms with E-state index < -0.39 is 12.1 Å². The second-order valence-electron chi connectivity index (χ2n) is 4.46. The quantitative estimate of drug-likeness (QED) is 0.626. The van der Waals surface area contributed by atoms with E-state index >= 15 is 0 Å². The highest BCUT2D eigenvalue weighted by molar-refractivity contribution is 6.29. The number of carbonyl (C=O) groups excluding carboxylic acids is 1. The molecule has 0 saturated heterocycles. The summed E-state index contributed by atoms with van der Waals surface area (Å²) in [6.07, 6.45) is 0.710. The number of pyridine rings is 1. The van der Waals surface area contributed by atoms with Crippen LogP contribution < -0.4 is 4.74 Å². The van der Waals surface area contributed by atoms with Crippen molar-refractivity contribution in [2.45, 2.75) is 19.6 Å². The first-order valence-corrected chi connectivity index (χ1v) is 6.91. The molecule has 0 bridgehead atoms. The lowest BCUT2D eigenvalue weighted by molar-refractivity contribution is -0.152. The minimum atomic E-state index is -0.824. The third-order valence-corrected chi connectivity index (χ3v) is 3.04. The van der Waals surface area contributed by atoms with Crippen LogP contribution in [0.4, 0.5) is 0 Å². The molecule has 0 aliphatic carbocycles. The Bertz CT molecular complexity index is 695. The smallest absolute Gasteiger partial charge is 0.347 e. The summed E-state index contributed by atoms with van der Waals surface area (Å²) >= 11 is 5.68. The number of benzene rings is 1. The fourth-order valence-electron chi connectivity index (χ4n) is 1.66. The van der Waals surface area contributed by atoms with Gasteiger partial charge >= 0.3 is 5.97 Å². The number of hydrogen-bond donors (Lipinski definition) is 0. The minimum absolute atomic E-state index is 0.0800. The molecule has 0 aliphatic rings. The molecule has 0 fully saturated rings. The summed E-state index contributed by atoms with van der Waals surface area (Å²) in [6, 6.07) is 12.0. The number of aromatic nitrogens is 1. The van der Waals surface area contributed by atoms with Gasteiger partial charge in [-0.1, -0.05) is 29.8 Å². The Morgan fingerprint density at radius 1 is 1.36 bits per heavy atom. The summed E-state index contributed by atoms with van der Waals surface area (Å²) in [7, 11) is 0. The number of carbonyl (C=O) groups is 1. The summed E-state index contributed by atoms with van der Waals surface area (Å²) in [5, 5.41) is 9.36. The van der Waals surface area contributed by atoms with Crippen molar-refractivity contribution in [1.29, 1.82) is 5.26 Å². The summed E-state index contributed by atoms with van der Waals surface area (Å²) in [5.74, 6) is -0.176. The molecule has 1 aromatic carbocycles. The van der Waals surface area contributed by atoms with Gasteiger partial charge in [0.05, 0.1) is 5.56 Å². The topological polar surface area (TPSA) is 72.2 Å². The van der Waals surface area contributed by atoms with E-state index in [0.717, 1.165) is 5.56 Å². The molecule has 2 aromatic rings. The molecule has 0 aliphatic heterocycles. The van der Waals surface area contributed by atoms with E-state index in [-0.39, 0.29) is 6.61 Å². The molecule has 0 radical (unpaired) electrons. The zero-order valence-corrected chi connectivity index (χ0v) is 12.6. The molecule has 5 nitrogen and oxygen atoms in total. The summed E-state index contributed by atoms with van der Waals surface area (Å²) in [6.45, 7) is 1.65. The molecule has 0 saturated carbocycles. The first-order valence-electron chi connectivity index (χ1n) is 6.53. The molecular formula is C16H13ClN2O3. The van der Waals surface area contributed by atoms with Gasteiger partial charge in [0.2, 0.25) is 0 Å². The van der Waals surface area contributed by atoms with E-state index in [9.17, 15) is 4.79 Å². The van der Waals surface area contributed by atoms with Crippen molar-refractivity contribution < 1.29 is 14.3 Å². The highest BCUT2D eigenvalue weighted by atomic mass is 35.5. The Hall–Kier alpha value is -2.58. The van der Waals surface area contributed by atoms with Gasteiger partial charge in [-0.15, -0.1) is 0 Å². The van der Waals surface area contributed by atoms with E-state index in [1.807, 2.05) is 6.07 Å². The second kappa shape index (κ2) is 7.43. The normalized spacial score (nSPS) is 11.3. The van der Waals surface area contributed by atoms with Crippen LogP contribution in [0.15, 0.2) is 42.6 Å². The minimum Gasteiger partial charge on any atom is -0.478 e. The van der Waals surface area contributed by atoms with Crippen molar-refractivity contribution in [2.24, 2.45) is 0 Å². The molecule has 112 valence electrons. The van der Waals surface area contributed by atoms with Crippen LogP contribution in [-0.2, 0) is 16.1 Å². The van der Waals surface area contributed by atoms with Crippen molar-refractivity contribution in [2.75, 3.05) is 0 Å². The summed E-state index contributed by atoms with van der Waals surface area (Å²) in [4.78, 5) is 15.8. The fraction of sp³-hybridized carbons (Fsp3) is 0.188. The van der Waals surface area contributed by atoms with Crippen molar-refractivity contribution in [1.82, 2.24) is 4.98 Å². The number of nitriles is 1. The number of para-hydroxylation sites is 1. The van der Waals surface area contributed by atoms with E-state index in [4.69, 9.17) is 26.3 Å². The standard InChI is InChI=1S/C16H13ClN2O3/c1-11(22-14-5-3-2-4-13(14)8-18)16(20)21-10-12-6-7-15(17)19-9-12/h2-7,9,11H,10H2,1H3/t11-/m0/s1. The maximum Gasteiger partial charge on any atom is 0.347 e. The van der Waals surface area contributed by atoms with Gasteiger partial charge in [0.25, 0.3) is 0 Å². The molecule has 0 amide bonds. The monoisotopic (exact) mass is 316 g/mol. The van der Waals surface area contributed by atoms with Crippen LogP contribution in [0.5, 0.6) is 5.75 Å². The van der Waals surface area contributed by atoms with Gasteiger partial charge in [-0.05, 0) is 25.1 Å². The second-order valence-corrected chi connectivity index (χ2v) is 4.85. The van der Waals surface area contributed by atoms with Crippen LogP contribution in [0, 0.1) is 11.3 Å². The molecular weight excluding hydrogens is 304 g/mol. The SMILES string of the molecule is C[C@H](Oc1ccccc1C#N)C(=O)OCc1ccc(Cl)nc1. The number of esters is 1. The predicted octanol–water partition coefficient (Wildman–Crippen LogP) is 3.12.